The van der Waals surface area contributed by atoms with Crippen molar-refractivity contribution in [3.63, 3.8) is 0 Å². The van der Waals surface area contributed by atoms with Crippen LogP contribution in [0.5, 0.6) is 0 Å². The molecule has 2 N–H and O–H groups in total. The van der Waals surface area contributed by atoms with Crippen molar-refractivity contribution in [3.05, 3.63) is 11.4 Å². The summed E-state index contributed by atoms with van der Waals surface area (Å²) in [6, 6.07) is 0. The quantitative estimate of drug-likeness (QED) is 0.831. The molecular weight excluding hydrogens is 260 g/mol. The van der Waals surface area contributed by atoms with Crippen molar-refractivity contribution < 1.29 is 0 Å². The summed E-state index contributed by atoms with van der Waals surface area (Å²) < 4.78 is 0. The normalized spacial score (nSPS) is 22.1. The van der Waals surface area contributed by atoms with Gasteiger partial charge in [-0.1, -0.05) is 26.7 Å². The molecule has 2 rings (SSSR count). The highest BCUT2D eigenvalue weighted by atomic mass is 15.1. The first-order valence-corrected chi connectivity index (χ1v) is 8.43. The van der Waals surface area contributed by atoms with E-state index in [1.54, 1.807) is 0 Å². The Morgan fingerprint density at radius 3 is 2.62 bits per heavy atom. The van der Waals surface area contributed by atoms with Gasteiger partial charge in [0.1, 0.15) is 17.5 Å². The van der Waals surface area contributed by atoms with Crippen molar-refractivity contribution in [1.82, 2.24) is 9.97 Å². The average Bonchev–Trinajstić information content (AvgIpc) is 2.48. The molecule has 1 fully saturated rings. The Bertz CT molecular complexity index is 458. The van der Waals surface area contributed by atoms with Gasteiger partial charge in [-0.3, -0.25) is 0 Å². The summed E-state index contributed by atoms with van der Waals surface area (Å²) in [6.07, 6.45) is 7.47. The summed E-state index contributed by atoms with van der Waals surface area (Å²) in [5.41, 5.74) is 1.13. The molecule has 0 bridgehead atoms. The number of anilines is 2. The topological polar surface area (TPSA) is 49.8 Å². The largest absolute Gasteiger partial charge is 0.373 e. The van der Waals surface area contributed by atoms with Crippen LogP contribution in [0.2, 0.25) is 0 Å². The van der Waals surface area contributed by atoms with Crippen molar-refractivity contribution in [1.29, 1.82) is 0 Å². The highest BCUT2D eigenvalue weighted by Crippen LogP contribution is 2.29. The van der Waals surface area contributed by atoms with Gasteiger partial charge in [-0.2, -0.15) is 0 Å². The highest BCUT2D eigenvalue weighted by Gasteiger charge is 2.19. The van der Waals surface area contributed by atoms with Crippen LogP contribution >= 0.6 is 0 Å². The average molecular weight is 290 g/mol. The molecule has 118 valence electrons. The molecule has 0 aromatic carbocycles. The molecule has 21 heavy (non-hydrogen) atoms. The highest BCUT2D eigenvalue weighted by molar-refractivity contribution is 5.57. The minimum Gasteiger partial charge on any atom is -0.373 e. The number of rotatable bonds is 6. The monoisotopic (exact) mass is 290 g/mol. The first-order valence-electron chi connectivity index (χ1n) is 8.43. The zero-order valence-corrected chi connectivity index (χ0v) is 14.0. The molecule has 0 spiro atoms. The number of hydrogen-bond acceptors (Lipinski definition) is 4. The minimum absolute atomic E-state index is 0.788. The van der Waals surface area contributed by atoms with Crippen LogP contribution in [0.1, 0.15) is 57.3 Å². The van der Waals surface area contributed by atoms with Crippen LogP contribution in [-0.2, 0) is 6.42 Å². The number of aromatic nitrogens is 2. The van der Waals surface area contributed by atoms with Gasteiger partial charge in [0.2, 0.25) is 0 Å². The van der Waals surface area contributed by atoms with E-state index in [9.17, 15) is 0 Å². The summed E-state index contributed by atoms with van der Waals surface area (Å²) in [7, 11) is 1.93. The Balaban J connectivity index is 2.05. The predicted octanol–water partition coefficient (Wildman–Crippen LogP) is 4.02. The van der Waals surface area contributed by atoms with E-state index in [0.717, 1.165) is 54.2 Å². The summed E-state index contributed by atoms with van der Waals surface area (Å²) in [5.74, 6) is 4.56. The van der Waals surface area contributed by atoms with E-state index in [1.807, 2.05) is 7.05 Å². The maximum Gasteiger partial charge on any atom is 0.134 e. The molecule has 1 aromatic rings. The Morgan fingerprint density at radius 1 is 1.19 bits per heavy atom. The van der Waals surface area contributed by atoms with Gasteiger partial charge in [0, 0.05) is 25.6 Å². The van der Waals surface area contributed by atoms with Gasteiger partial charge < -0.3 is 10.6 Å². The van der Waals surface area contributed by atoms with E-state index >= 15 is 0 Å². The van der Waals surface area contributed by atoms with Gasteiger partial charge in [0.05, 0.1) is 0 Å². The molecule has 1 aliphatic rings. The van der Waals surface area contributed by atoms with Crippen molar-refractivity contribution in [2.24, 2.45) is 11.8 Å². The van der Waals surface area contributed by atoms with Crippen LogP contribution in [0, 0.1) is 18.8 Å². The fraction of sp³-hybridized carbons (Fsp3) is 0.765. The fourth-order valence-corrected chi connectivity index (χ4v) is 3.30. The zero-order valence-electron chi connectivity index (χ0n) is 14.0. The van der Waals surface area contributed by atoms with Crippen molar-refractivity contribution in [2.75, 3.05) is 24.2 Å². The third kappa shape index (κ3) is 4.32. The van der Waals surface area contributed by atoms with E-state index < -0.39 is 0 Å². The fourth-order valence-electron chi connectivity index (χ4n) is 3.30. The maximum atomic E-state index is 4.71. The van der Waals surface area contributed by atoms with Crippen molar-refractivity contribution >= 4 is 11.6 Å². The molecule has 0 amide bonds. The van der Waals surface area contributed by atoms with E-state index in [0.29, 0.717) is 0 Å². The molecule has 1 heterocycles. The van der Waals surface area contributed by atoms with Crippen LogP contribution in [0.4, 0.5) is 11.6 Å². The van der Waals surface area contributed by atoms with E-state index in [2.05, 4.69) is 36.4 Å². The van der Waals surface area contributed by atoms with E-state index in [-0.39, 0.29) is 0 Å². The van der Waals surface area contributed by atoms with Crippen LogP contribution in [0.3, 0.4) is 0 Å². The molecule has 0 saturated heterocycles. The third-order valence-corrected chi connectivity index (χ3v) is 4.51. The van der Waals surface area contributed by atoms with E-state index in [1.165, 1.54) is 25.7 Å². The third-order valence-electron chi connectivity index (χ3n) is 4.51. The molecular formula is C17H30N4. The van der Waals surface area contributed by atoms with Gasteiger partial charge in [-0.05, 0) is 38.0 Å². The van der Waals surface area contributed by atoms with Crippen molar-refractivity contribution in [2.45, 2.75) is 59.3 Å². The second-order valence-corrected chi connectivity index (χ2v) is 6.48. The summed E-state index contributed by atoms with van der Waals surface area (Å²) in [6.45, 7) is 7.67. The number of hydrogen-bond donors (Lipinski definition) is 2. The Hall–Kier alpha value is -1.32. The lowest BCUT2D eigenvalue weighted by Crippen LogP contribution is -2.22. The molecule has 2 atom stereocenters. The standard InChI is InChI=1S/C17H30N4/c1-5-7-15-20-16(18-4)13(3)17(21-15)19-11-14-9-6-8-12(2)10-14/h12,14H,5-11H2,1-4H3,(H2,18,19,20,21). The second kappa shape index (κ2) is 7.62. The first kappa shape index (κ1) is 16.1. The molecule has 1 aliphatic carbocycles. The van der Waals surface area contributed by atoms with Crippen LogP contribution in [0.15, 0.2) is 0 Å². The molecule has 0 aliphatic heterocycles. The van der Waals surface area contributed by atoms with Crippen molar-refractivity contribution in [3.8, 4) is 0 Å². The predicted molar refractivity (Wildman–Crippen MR) is 89.9 cm³/mol. The van der Waals surface area contributed by atoms with E-state index in [4.69, 9.17) is 4.98 Å². The minimum atomic E-state index is 0.788. The molecule has 2 unspecified atom stereocenters. The number of nitrogens with zero attached hydrogens (tertiary/aromatic N) is 2. The van der Waals surface area contributed by atoms with Crippen LogP contribution in [0.25, 0.3) is 0 Å². The SMILES string of the molecule is CCCc1nc(NC)c(C)c(NCC2CCCC(C)C2)n1. The summed E-state index contributed by atoms with van der Waals surface area (Å²) in [5, 5.41) is 6.77. The molecule has 1 saturated carbocycles. The number of nitrogens with one attached hydrogen (secondary N) is 2. The Kier molecular flexibility index (Phi) is 5.83. The number of aryl methyl sites for hydroxylation is 1. The lowest BCUT2D eigenvalue weighted by Gasteiger charge is -2.27. The molecule has 0 radical (unpaired) electrons. The van der Waals surface area contributed by atoms with Crippen LogP contribution < -0.4 is 10.6 Å². The smallest absolute Gasteiger partial charge is 0.134 e. The van der Waals surface area contributed by atoms with Gasteiger partial charge in [-0.25, -0.2) is 9.97 Å². The maximum absolute atomic E-state index is 4.71. The lowest BCUT2D eigenvalue weighted by atomic mass is 9.82. The molecule has 4 nitrogen and oxygen atoms in total. The first-order chi connectivity index (χ1) is 10.1. The summed E-state index contributed by atoms with van der Waals surface area (Å²) in [4.78, 5) is 9.30. The van der Waals surface area contributed by atoms with Gasteiger partial charge >= 0.3 is 0 Å². The van der Waals surface area contributed by atoms with Gasteiger partial charge in [0.15, 0.2) is 0 Å². The Morgan fingerprint density at radius 2 is 1.95 bits per heavy atom. The van der Waals surface area contributed by atoms with Crippen LogP contribution in [-0.4, -0.2) is 23.6 Å². The molecule has 1 aromatic heterocycles. The van der Waals surface area contributed by atoms with Gasteiger partial charge in [0.25, 0.3) is 0 Å². The second-order valence-electron chi connectivity index (χ2n) is 6.48. The lowest BCUT2D eigenvalue weighted by molar-refractivity contribution is 0.293. The van der Waals surface area contributed by atoms with Gasteiger partial charge in [-0.15, -0.1) is 0 Å². The Labute approximate surface area is 129 Å². The molecule has 4 heteroatoms. The zero-order chi connectivity index (χ0) is 15.2. The summed E-state index contributed by atoms with van der Waals surface area (Å²) >= 11 is 0.